The van der Waals surface area contributed by atoms with Crippen molar-refractivity contribution in [3.05, 3.63) is 0 Å². The molecule has 1 spiro atoms. The number of piperidine rings is 1. The van der Waals surface area contributed by atoms with Crippen molar-refractivity contribution in [3.8, 4) is 0 Å². The highest BCUT2D eigenvalue weighted by Crippen LogP contribution is 2.60. The van der Waals surface area contributed by atoms with Gasteiger partial charge >= 0.3 is 0 Å². The molecule has 0 aromatic carbocycles. The Morgan fingerprint density at radius 1 is 1.12 bits per heavy atom. The van der Waals surface area contributed by atoms with Crippen molar-refractivity contribution in [2.24, 2.45) is 23.2 Å². The van der Waals surface area contributed by atoms with Crippen LogP contribution in [-0.4, -0.2) is 46.8 Å². The lowest BCUT2D eigenvalue weighted by Gasteiger charge is -2.56. The highest BCUT2D eigenvalue weighted by molar-refractivity contribution is 8.01. The van der Waals surface area contributed by atoms with Gasteiger partial charge in [-0.3, -0.25) is 9.59 Å². The van der Waals surface area contributed by atoms with E-state index >= 15 is 0 Å². The Hall–Kier alpha value is -0.710. The van der Waals surface area contributed by atoms with Crippen molar-refractivity contribution in [2.45, 2.75) is 62.5 Å². The molecule has 2 aliphatic heterocycles. The van der Waals surface area contributed by atoms with Crippen LogP contribution in [-0.2, 0) is 9.59 Å². The molecule has 0 radical (unpaired) electrons. The third-order valence-electron chi connectivity index (χ3n) is 7.79. The minimum Gasteiger partial charge on any atom is -0.356 e. The molecule has 2 heterocycles. The van der Waals surface area contributed by atoms with Crippen molar-refractivity contribution >= 4 is 23.6 Å². The van der Waals surface area contributed by atoms with E-state index in [1.165, 1.54) is 38.5 Å². The summed E-state index contributed by atoms with van der Waals surface area (Å²) in [7, 11) is 0. The minimum atomic E-state index is -0.279. The number of hydrogen-bond donors (Lipinski definition) is 1. The van der Waals surface area contributed by atoms with E-state index in [1.807, 2.05) is 16.7 Å². The summed E-state index contributed by atoms with van der Waals surface area (Å²) in [5, 5.41) is 3.01. The maximum Gasteiger partial charge on any atom is 0.232 e. The molecule has 4 nitrogen and oxygen atoms in total. The van der Waals surface area contributed by atoms with Crippen LogP contribution in [0.1, 0.15) is 57.8 Å². The molecule has 1 N–H and O–H groups in total. The largest absolute Gasteiger partial charge is 0.356 e. The Morgan fingerprint density at radius 2 is 1.80 bits per heavy atom. The quantitative estimate of drug-likeness (QED) is 0.840. The van der Waals surface area contributed by atoms with Crippen molar-refractivity contribution < 1.29 is 9.59 Å². The zero-order valence-corrected chi connectivity index (χ0v) is 15.9. The van der Waals surface area contributed by atoms with E-state index < -0.39 is 0 Å². The van der Waals surface area contributed by atoms with Gasteiger partial charge in [0.25, 0.3) is 0 Å². The zero-order chi connectivity index (χ0) is 17.1. The molecule has 2 amide bonds. The molecule has 5 heteroatoms. The number of nitrogens with one attached hydrogen (secondary N) is 1. The number of carbonyl (C=O) groups excluding carboxylic acids is 2. The maximum absolute atomic E-state index is 12.8. The number of rotatable bonds is 3. The van der Waals surface area contributed by atoms with Crippen LogP contribution >= 0.6 is 11.8 Å². The van der Waals surface area contributed by atoms with E-state index in [1.54, 1.807) is 0 Å². The number of nitrogens with zero attached hydrogens (tertiary/aromatic N) is 1. The predicted octanol–water partition coefficient (Wildman–Crippen LogP) is 2.82. The molecular formula is C20H30N2O2S. The van der Waals surface area contributed by atoms with Crippen LogP contribution in [0.25, 0.3) is 0 Å². The van der Waals surface area contributed by atoms with Crippen LogP contribution in [0.5, 0.6) is 0 Å². The molecule has 25 heavy (non-hydrogen) atoms. The second kappa shape index (κ2) is 5.90. The molecule has 6 fully saturated rings. The van der Waals surface area contributed by atoms with Crippen molar-refractivity contribution in [3.63, 3.8) is 0 Å². The van der Waals surface area contributed by atoms with Gasteiger partial charge in [-0.1, -0.05) is 0 Å². The number of carbonyl (C=O) groups is 2. The zero-order valence-electron chi connectivity index (χ0n) is 15.1. The first-order valence-corrected chi connectivity index (χ1v) is 11.2. The molecule has 1 unspecified atom stereocenters. The summed E-state index contributed by atoms with van der Waals surface area (Å²) in [5.74, 6) is 3.91. The third kappa shape index (κ3) is 2.81. The fourth-order valence-corrected chi connectivity index (χ4v) is 8.59. The van der Waals surface area contributed by atoms with E-state index in [0.717, 1.165) is 50.1 Å². The number of hydrogen-bond acceptors (Lipinski definition) is 3. The predicted molar refractivity (Wildman–Crippen MR) is 99.2 cm³/mol. The fourth-order valence-electron chi connectivity index (χ4n) is 6.92. The minimum absolute atomic E-state index is 0.183. The van der Waals surface area contributed by atoms with Gasteiger partial charge in [0, 0.05) is 24.4 Å². The van der Waals surface area contributed by atoms with Crippen LogP contribution in [0.3, 0.4) is 0 Å². The summed E-state index contributed by atoms with van der Waals surface area (Å²) in [4.78, 5) is 27.1. The lowest BCUT2D eigenvalue weighted by molar-refractivity contribution is -0.134. The molecule has 4 aliphatic carbocycles. The maximum atomic E-state index is 12.8. The van der Waals surface area contributed by atoms with Crippen molar-refractivity contribution in [1.29, 1.82) is 0 Å². The Bertz CT molecular complexity index is 557. The van der Waals surface area contributed by atoms with Gasteiger partial charge in [0.2, 0.25) is 11.8 Å². The Labute approximate surface area is 154 Å². The first-order chi connectivity index (χ1) is 12.1. The first kappa shape index (κ1) is 16.5. The van der Waals surface area contributed by atoms with Crippen LogP contribution in [0.4, 0.5) is 0 Å². The van der Waals surface area contributed by atoms with Gasteiger partial charge in [-0.2, -0.15) is 0 Å². The van der Waals surface area contributed by atoms with Crippen LogP contribution in [0.15, 0.2) is 0 Å². The molecule has 138 valence electrons. The van der Waals surface area contributed by atoms with Crippen LogP contribution in [0.2, 0.25) is 0 Å². The van der Waals surface area contributed by atoms with Gasteiger partial charge in [0.1, 0.15) is 0 Å². The van der Waals surface area contributed by atoms with E-state index in [-0.39, 0.29) is 17.2 Å². The normalized spacial score (nSPS) is 45.2. The highest BCUT2D eigenvalue weighted by atomic mass is 32.2. The number of likely N-dealkylation sites (tertiary alicyclic amines) is 1. The fraction of sp³-hybridized carbons (Fsp3) is 0.900. The summed E-state index contributed by atoms with van der Waals surface area (Å²) >= 11 is 1.97. The van der Waals surface area contributed by atoms with Gasteiger partial charge < -0.3 is 10.2 Å². The molecular weight excluding hydrogens is 332 g/mol. The molecule has 4 saturated carbocycles. The molecule has 1 atom stereocenters. The van der Waals surface area contributed by atoms with Crippen molar-refractivity contribution in [1.82, 2.24) is 10.2 Å². The highest BCUT2D eigenvalue weighted by Gasteiger charge is 2.52. The summed E-state index contributed by atoms with van der Waals surface area (Å²) in [6, 6.07) is 0. The second-order valence-corrected chi connectivity index (χ2v) is 11.0. The SMILES string of the molecule is O=C(CSC12CC3CC(CC(C3)C1)C2)N1CCC2(CCCNC2=O)C1. The smallest absolute Gasteiger partial charge is 0.232 e. The average Bonchev–Trinajstić information content (AvgIpc) is 3.00. The Morgan fingerprint density at radius 3 is 2.44 bits per heavy atom. The molecule has 2 saturated heterocycles. The van der Waals surface area contributed by atoms with Gasteiger partial charge in [-0.25, -0.2) is 0 Å². The van der Waals surface area contributed by atoms with Gasteiger partial charge in [0.15, 0.2) is 0 Å². The summed E-state index contributed by atoms with van der Waals surface area (Å²) in [6.45, 7) is 2.23. The summed E-state index contributed by atoms with van der Waals surface area (Å²) in [5.41, 5.74) is -0.279. The molecule has 0 aromatic heterocycles. The molecule has 0 aromatic rings. The average molecular weight is 363 g/mol. The van der Waals surface area contributed by atoms with Crippen LogP contribution in [0, 0.1) is 23.2 Å². The van der Waals surface area contributed by atoms with E-state index in [9.17, 15) is 9.59 Å². The van der Waals surface area contributed by atoms with Gasteiger partial charge in [0.05, 0.1) is 11.2 Å². The lowest BCUT2D eigenvalue weighted by Crippen LogP contribution is -2.49. The Balaban J connectivity index is 1.20. The third-order valence-corrected chi connectivity index (χ3v) is 9.29. The van der Waals surface area contributed by atoms with Crippen molar-refractivity contribution in [2.75, 3.05) is 25.4 Å². The van der Waals surface area contributed by atoms with Gasteiger partial charge in [-0.05, 0) is 75.5 Å². The van der Waals surface area contributed by atoms with E-state index in [2.05, 4.69) is 5.32 Å². The second-order valence-electron chi connectivity index (χ2n) is 9.59. The van der Waals surface area contributed by atoms with Gasteiger partial charge in [-0.15, -0.1) is 11.8 Å². The van der Waals surface area contributed by atoms with E-state index in [0.29, 0.717) is 17.0 Å². The topological polar surface area (TPSA) is 49.4 Å². The first-order valence-electron chi connectivity index (χ1n) is 10.3. The van der Waals surface area contributed by atoms with E-state index in [4.69, 9.17) is 0 Å². The monoisotopic (exact) mass is 362 g/mol. The van der Waals surface area contributed by atoms with Crippen LogP contribution < -0.4 is 5.32 Å². The standard InChI is InChI=1S/C20H30N2O2S/c23-17(22-5-3-19(13-22)2-1-4-21-18(19)24)12-25-20-9-14-6-15(10-20)8-16(7-14)11-20/h14-16H,1-13H2,(H,21,24). The summed E-state index contributed by atoms with van der Waals surface area (Å²) in [6.07, 6.45) is 11.3. The summed E-state index contributed by atoms with van der Waals surface area (Å²) < 4.78 is 0.407. The Kier molecular flexibility index (Phi) is 3.88. The number of thioether (sulfide) groups is 1. The molecule has 6 rings (SSSR count). The lowest BCUT2D eigenvalue weighted by atomic mass is 9.56. The molecule has 6 aliphatic rings. The molecule has 4 bridgehead atoms. The number of amides is 2.